The van der Waals surface area contributed by atoms with Crippen LogP contribution in [0.5, 0.6) is 0 Å². The molecule has 1 aromatic heterocycles. The number of H-pyrrole nitrogens is 1. The zero-order valence-electron chi connectivity index (χ0n) is 10.7. The van der Waals surface area contributed by atoms with Gasteiger partial charge in [-0.25, -0.2) is 4.98 Å². The van der Waals surface area contributed by atoms with Crippen molar-refractivity contribution in [3.63, 3.8) is 0 Å². The number of amides is 1. The number of carbonyl (C=O) groups excluding carboxylic acids is 1. The molecule has 0 aromatic carbocycles. The lowest BCUT2D eigenvalue weighted by Gasteiger charge is -2.26. The summed E-state index contributed by atoms with van der Waals surface area (Å²) in [6.45, 7) is 5.07. The predicted octanol–water partition coefficient (Wildman–Crippen LogP) is 0.505. The summed E-state index contributed by atoms with van der Waals surface area (Å²) in [5.41, 5.74) is 0.944. The van der Waals surface area contributed by atoms with Gasteiger partial charge in [0.2, 0.25) is 5.91 Å². The lowest BCUT2D eigenvalue weighted by Crippen LogP contribution is -2.39. The minimum atomic E-state index is -0.195. The van der Waals surface area contributed by atoms with Crippen molar-refractivity contribution in [3.05, 3.63) is 27.4 Å². The number of hydrogen-bond acceptors (Lipinski definition) is 4. The van der Waals surface area contributed by atoms with E-state index in [1.807, 2.05) is 16.7 Å². The van der Waals surface area contributed by atoms with E-state index in [-0.39, 0.29) is 17.9 Å². The van der Waals surface area contributed by atoms with Gasteiger partial charge >= 0.3 is 0 Å². The van der Waals surface area contributed by atoms with Crippen LogP contribution in [0, 0.1) is 13.8 Å². The highest BCUT2D eigenvalue weighted by Gasteiger charge is 2.19. The Kier molecular flexibility index (Phi) is 4.06. The smallest absolute Gasteiger partial charge is 0.254 e. The molecule has 1 amide bonds. The van der Waals surface area contributed by atoms with E-state index in [0.717, 1.165) is 24.6 Å². The number of carbonyl (C=O) groups is 1. The van der Waals surface area contributed by atoms with Gasteiger partial charge in [0.05, 0.1) is 6.42 Å². The number of rotatable bonds is 2. The van der Waals surface area contributed by atoms with Crippen molar-refractivity contribution in [3.8, 4) is 0 Å². The first kappa shape index (κ1) is 13.1. The maximum absolute atomic E-state index is 12.1. The van der Waals surface area contributed by atoms with Gasteiger partial charge in [0, 0.05) is 35.9 Å². The SMILES string of the molecule is Cc1nc(C)c(CC(=O)N2CCSCC2)c(=O)[nH]1. The lowest BCUT2D eigenvalue weighted by molar-refractivity contribution is -0.130. The fraction of sp³-hybridized carbons (Fsp3) is 0.583. The van der Waals surface area contributed by atoms with Crippen molar-refractivity contribution in [2.24, 2.45) is 0 Å². The Morgan fingerprint density at radius 3 is 2.67 bits per heavy atom. The Morgan fingerprint density at radius 1 is 1.39 bits per heavy atom. The molecule has 1 fully saturated rings. The fourth-order valence-electron chi connectivity index (χ4n) is 2.04. The van der Waals surface area contributed by atoms with Crippen LogP contribution < -0.4 is 5.56 Å². The summed E-state index contributed by atoms with van der Waals surface area (Å²) in [6.07, 6.45) is 0.152. The first-order chi connectivity index (χ1) is 8.58. The molecular weight excluding hydrogens is 250 g/mol. The summed E-state index contributed by atoms with van der Waals surface area (Å²) in [6, 6.07) is 0. The molecule has 18 heavy (non-hydrogen) atoms. The van der Waals surface area contributed by atoms with Gasteiger partial charge in [0.15, 0.2) is 0 Å². The number of aromatic amines is 1. The van der Waals surface area contributed by atoms with Gasteiger partial charge in [-0.2, -0.15) is 11.8 Å². The van der Waals surface area contributed by atoms with Crippen molar-refractivity contribution in [1.29, 1.82) is 0 Å². The van der Waals surface area contributed by atoms with Crippen molar-refractivity contribution in [2.75, 3.05) is 24.6 Å². The van der Waals surface area contributed by atoms with Crippen LogP contribution in [0.25, 0.3) is 0 Å². The molecule has 1 aromatic rings. The van der Waals surface area contributed by atoms with Crippen LogP contribution in [0.2, 0.25) is 0 Å². The molecule has 1 saturated heterocycles. The summed E-state index contributed by atoms with van der Waals surface area (Å²) in [5.74, 6) is 2.57. The summed E-state index contributed by atoms with van der Waals surface area (Å²) < 4.78 is 0. The van der Waals surface area contributed by atoms with Gasteiger partial charge in [-0.1, -0.05) is 0 Å². The van der Waals surface area contributed by atoms with E-state index in [2.05, 4.69) is 9.97 Å². The Morgan fingerprint density at radius 2 is 2.06 bits per heavy atom. The predicted molar refractivity (Wildman–Crippen MR) is 71.9 cm³/mol. The van der Waals surface area contributed by atoms with Crippen LogP contribution in [0.15, 0.2) is 4.79 Å². The third-order valence-electron chi connectivity index (χ3n) is 3.03. The second kappa shape index (κ2) is 5.56. The highest BCUT2D eigenvalue weighted by molar-refractivity contribution is 7.99. The van der Waals surface area contributed by atoms with E-state index in [1.54, 1.807) is 13.8 Å². The fourth-order valence-corrected chi connectivity index (χ4v) is 2.94. The number of nitrogens with zero attached hydrogens (tertiary/aromatic N) is 2. The molecule has 0 atom stereocenters. The van der Waals surface area contributed by atoms with Gasteiger partial charge in [0.25, 0.3) is 5.56 Å². The zero-order valence-corrected chi connectivity index (χ0v) is 11.5. The molecule has 1 aliphatic rings. The average Bonchev–Trinajstić information content (AvgIpc) is 2.34. The first-order valence-corrected chi connectivity index (χ1v) is 7.15. The molecule has 0 saturated carbocycles. The van der Waals surface area contributed by atoms with E-state index in [1.165, 1.54) is 0 Å². The highest BCUT2D eigenvalue weighted by Crippen LogP contribution is 2.11. The average molecular weight is 267 g/mol. The minimum Gasteiger partial charge on any atom is -0.341 e. The normalized spacial score (nSPS) is 15.8. The van der Waals surface area contributed by atoms with Crippen LogP contribution in [0.1, 0.15) is 17.1 Å². The van der Waals surface area contributed by atoms with Crippen molar-refractivity contribution in [2.45, 2.75) is 20.3 Å². The molecule has 0 unspecified atom stereocenters. The van der Waals surface area contributed by atoms with Gasteiger partial charge < -0.3 is 9.88 Å². The van der Waals surface area contributed by atoms with Crippen molar-refractivity contribution < 1.29 is 4.79 Å². The number of nitrogens with one attached hydrogen (secondary N) is 1. The van der Waals surface area contributed by atoms with Crippen molar-refractivity contribution in [1.82, 2.24) is 14.9 Å². The monoisotopic (exact) mass is 267 g/mol. The summed E-state index contributed by atoms with van der Waals surface area (Å²) in [4.78, 5) is 32.6. The number of aromatic nitrogens is 2. The van der Waals surface area contributed by atoms with Crippen LogP contribution in [-0.4, -0.2) is 45.4 Å². The number of aryl methyl sites for hydroxylation is 2. The maximum atomic E-state index is 12.1. The Bertz CT molecular complexity index is 507. The first-order valence-electron chi connectivity index (χ1n) is 6.00. The van der Waals surface area contributed by atoms with E-state index in [9.17, 15) is 9.59 Å². The van der Waals surface area contributed by atoms with E-state index >= 15 is 0 Å². The molecule has 5 nitrogen and oxygen atoms in total. The molecule has 0 spiro atoms. The maximum Gasteiger partial charge on any atom is 0.254 e. The molecule has 0 radical (unpaired) electrons. The van der Waals surface area contributed by atoms with E-state index in [4.69, 9.17) is 0 Å². The second-order valence-corrected chi connectivity index (χ2v) is 5.61. The Balaban J connectivity index is 2.14. The molecule has 2 heterocycles. The quantitative estimate of drug-likeness (QED) is 0.847. The molecule has 0 aliphatic carbocycles. The number of thioether (sulfide) groups is 1. The second-order valence-electron chi connectivity index (χ2n) is 4.39. The third kappa shape index (κ3) is 2.93. The highest BCUT2D eigenvalue weighted by atomic mass is 32.2. The van der Waals surface area contributed by atoms with Crippen molar-refractivity contribution >= 4 is 17.7 Å². The Hall–Kier alpha value is -1.30. The molecular formula is C12H17N3O2S. The molecule has 0 bridgehead atoms. The number of hydrogen-bond donors (Lipinski definition) is 1. The topological polar surface area (TPSA) is 66.1 Å². The minimum absolute atomic E-state index is 0.0227. The van der Waals surface area contributed by atoms with E-state index in [0.29, 0.717) is 17.1 Å². The van der Waals surface area contributed by atoms with Gasteiger partial charge in [-0.15, -0.1) is 0 Å². The van der Waals surface area contributed by atoms with Crippen LogP contribution in [-0.2, 0) is 11.2 Å². The summed E-state index contributed by atoms with van der Waals surface area (Å²) in [7, 11) is 0. The van der Waals surface area contributed by atoms with Gasteiger partial charge in [0.1, 0.15) is 5.82 Å². The summed E-state index contributed by atoms with van der Waals surface area (Å²) >= 11 is 1.86. The van der Waals surface area contributed by atoms with Gasteiger partial charge in [-0.05, 0) is 13.8 Å². The van der Waals surface area contributed by atoms with Crippen LogP contribution in [0.4, 0.5) is 0 Å². The van der Waals surface area contributed by atoms with Gasteiger partial charge in [-0.3, -0.25) is 9.59 Å². The third-order valence-corrected chi connectivity index (χ3v) is 3.97. The van der Waals surface area contributed by atoms with E-state index < -0.39 is 0 Å². The Labute approximate surface area is 110 Å². The van der Waals surface area contributed by atoms with Crippen LogP contribution >= 0.6 is 11.8 Å². The largest absolute Gasteiger partial charge is 0.341 e. The lowest BCUT2D eigenvalue weighted by atomic mass is 10.1. The standard InChI is InChI=1S/C12H17N3O2S/c1-8-10(12(17)14-9(2)13-8)7-11(16)15-3-5-18-6-4-15/h3-7H2,1-2H3,(H,13,14,17). The van der Waals surface area contributed by atoms with Crippen LogP contribution in [0.3, 0.4) is 0 Å². The molecule has 2 rings (SSSR count). The zero-order chi connectivity index (χ0) is 13.1. The molecule has 1 aliphatic heterocycles. The molecule has 1 N–H and O–H groups in total. The molecule has 98 valence electrons. The molecule has 6 heteroatoms. The summed E-state index contributed by atoms with van der Waals surface area (Å²) in [5, 5.41) is 0.